The summed E-state index contributed by atoms with van der Waals surface area (Å²) in [5.41, 5.74) is 2.29. The van der Waals surface area contributed by atoms with Crippen molar-refractivity contribution < 1.29 is 18.5 Å². The average molecular weight is 530 g/mol. The SMILES string of the molecule is Cc1onc(-c2ccccc2)c1C(=O)N1CCC(c2nc(C(=O)N(CCC#N)Cc3ccco3)cs2)CC1. The van der Waals surface area contributed by atoms with E-state index >= 15 is 0 Å². The van der Waals surface area contributed by atoms with Crippen LogP contribution in [0.4, 0.5) is 0 Å². The lowest BCUT2D eigenvalue weighted by Gasteiger charge is -2.31. The number of carbonyl (C=O) groups excluding carboxylic acids is 2. The highest BCUT2D eigenvalue weighted by atomic mass is 32.1. The topological polar surface area (TPSA) is 116 Å². The van der Waals surface area contributed by atoms with Crippen LogP contribution in [0, 0.1) is 18.3 Å². The monoisotopic (exact) mass is 529 g/mol. The number of likely N-dealkylation sites (tertiary alicyclic amines) is 1. The van der Waals surface area contributed by atoms with E-state index in [2.05, 4.69) is 16.2 Å². The molecule has 2 amide bonds. The van der Waals surface area contributed by atoms with Gasteiger partial charge in [-0.05, 0) is 31.9 Å². The fourth-order valence-electron chi connectivity index (χ4n) is 4.67. The van der Waals surface area contributed by atoms with E-state index in [4.69, 9.17) is 14.2 Å². The van der Waals surface area contributed by atoms with Gasteiger partial charge in [0.2, 0.25) is 0 Å². The number of nitriles is 1. The molecule has 0 N–H and O–H groups in total. The second-order valence-corrected chi connectivity index (χ2v) is 10.1. The van der Waals surface area contributed by atoms with Crippen LogP contribution in [0.1, 0.15) is 62.6 Å². The third-order valence-corrected chi connectivity index (χ3v) is 7.71. The Morgan fingerprint density at radius 2 is 1.97 bits per heavy atom. The molecule has 1 aliphatic rings. The Kier molecular flexibility index (Phi) is 7.65. The zero-order chi connectivity index (χ0) is 26.5. The van der Waals surface area contributed by atoms with Gasteiger partial charge in [0.05, 0.1) is 30.3 Å². The predicted octanol–water partition coefficient (Wildman–Crippen LogP) is 5.28. The van der Waals surface area contributed by atoms with Crippen LogP contribution in [0.2, 0.25) is 0 Å². The first-order valence-corrected chi connectivity index (χ1v) is 13.4. The van der Waals surface area contributed by atoms with Gasteiger partial charge in [-0.3, -0.25) is 9.59 Å². The number of aromatic nitrogens is 2. The maximum absolute atomic E-state index is 13.4. The van der Waals surface area contributed by atoms with Crippen LogP contribution in [0.5, 0.6) is 0 Å². The average Bonchev–Trinajstić information content (AvgIpc) is 3.72. The van der Waals surface area contributed by atoms with E-state index in [9.17, 15) is 9.59 Å². The molecule has 4 aromatic rings. The molecule has 0 atom stereocenters. The predicted molar refractivity (Wildman–Crippen MR) is 140 cm³/mol. The Morgan fingerprint density at radius 1 is 1.18 bits per heavy atom. The number of amides is 2. The first-order chi connectivity index (χ1) is 18.5. The van der Waals surface area contributed by atoms with E-state index in [0.29, 0.717) is 48.1 Å². The number of piperidine rings is 1. The third-order valence-electron chi connectivity index (χ3n) is 6.70. The fraction of sp³-hybridized carbons (Fsp3) is 0.321. The Morgan fingerprint density at radius 3 is 2.68 bits per heavy atom. The molecule has 0 spiro atoms. The molecule has 0 bridgehead atoms. The van der Waals surface area contributed by atoms with Gasteiger partial charge < -0.3 is 18.7 Å². The maximum Gasteiger partial charge on any atom is 0.273 e. The lowest BCUT2D eigenvalue weighted by molar-refractivity contribution is 0.0711. The van der Waals surface area contributed by atoms with Crippen molar-refractivity contribution in [1.29, 1.82) is 5.26 Å². The van der Waals surface area contributed by atoms with Gasteiger partial charge in [0.25, 0.3) is 11.8 Å². The fourth-order valence-corrected chi connectivity index (χ4v) is 5.63. The molecule has 5 rings (SSSR count). The number of hydrogen-bond acceptors (Lipinski definition) is 8. The summed E-state index contributed by atoms with van der Waals surface area (Å²) in [6, 6.07) is 15.2. The van der Waals surface area contributed by atoms with Crippen molar-refractivity contribution in [2.75, 3.05) is 19.6 Å². The van der Waals surface area contributed by atoms with Crippen molar-refractivity contribution in [1.82, 2.24) is 19.9 Å². The lowest BCUT2D eigenvalue weighted by atomic mass is 9.96. The van der Waals surface area contributed by atoms with Gasteiger partial charge in [-0.25, -0.2) is 4.98 Å². The summed E-state index contributed by atoms with van der Waals surface area (Å²) in [5, 5.41) is 15.8. The van der Waals surface area contributed by atoms with Gasteiger partial charge in [-0.2, -0.15) is 5.26 Å². The molecule has 1 fully saturated rings. The molecule has 3 aromatic heterocycles. The van der Waals surface area contributed by atoms with E-state index in [0.717, 1.165) is 23.4 Å². The van der Waals surface area contributed by atoms with Crippen LogP contribution < -0.4 is 0 Å². The van der Waals surface area contributed by atoms with Gasteiger partial charge in [-0.1, -0.05) is 35.5 Å². The molecule has 1 saturated heterocycles. The highest BCUT2D eigenvalue weighted by molar-refractivity contribution is 7.09. The maximum atomic E-state index is 13.4. The van der Waals surface area contributed by atoms with Gasteiger partial charge in [-0.15, -0.1) is 11.3 Å². The normalized spacial score (nSPS) is 13.8. The van der Waals surface area contributed by atoms with Crippen LogP contribution in [-0.2, 0) is 6.54 Å². The Labute approximate surface area is 224 Å². The van der Waals surface area contributed by atoms with Gasteiger partial charge in [0.15, 0.2) is 0 Å². The summed E-state index contributed by atoms with van der Waals surface area (Å²) in [6.45, 7) is 3.51. The first kappa shape index (κ1) is 25.4. The van der Waals surface area contributed by atoms with Crippen LogP contribution in [-0.4, -0.2) is 51.4 Å². The van der Waals surface area contributed by atoms with Gasteiger partial charge in [0, 0.05) is 36.5 Å². The first-order valence-electron chi connectivity index (χ1n) is 12.5. The third kappa shape index (κ3) is 5.38. The summed E-state index contributed by atoms with van der Waals surface area (Å²) in [7, 11) is 0. The molecule has 1 aliphatic heterocycles. The summed E-state index contributed by atoms with van der Waals surface area (Å²) >= 11 is 1.47. The Bertz CT molecular complexity index is 1430. The van der Waals surface area contributed by atoms with Gasteiger partial charge in [0.1, 0.15) is 28.5 Å². The number of nitrogens with zero attached hydrogens (tertiary/aromatic N) is 5. The smallest absolute Gasteiger partial charge is 0.273 e. The van der Waals surface area contributed by atoms with E-state index < -0.39 is 0 Å². The molecule has 194 valence electrons. The summed E-state index contributed by atoms with van der Waals surface area (Å²) in [6.07, 6.45) is 3.30. The zero-order valence-corrected chi connectivity index (χ0v) is 21.8. The number of thiazole rings is 1. The summed E-state index contributed by atoms with van der Waals surface area (Å²) in [5.74, 6) is 1.03. The second kappa shape index (κ2) is 11.4. The largest absolute Gasteiger partial charge is 0.467 e. The van der Waals surface area contributed by atoms with E-state index in [1.54, 1.807) is 35.6 Å². The number of hydrogen-bond donors (Lipinski definition) is 0. The zero-order valence-electron chi connectivity index (χ0n) is 21.0. The van der Waals surface area contributed by atoms with Crippen molar-refractivity contribution in [2.45, 2.75) is 38.6 Å². The van der Waals surface area contributed by atoms with Crippen LogP contribution in [0.15, 0.2) is 63.0 Å². The summed E-state index contributed by atoms with van der Waals surface area (Å²) < 4.78 is 10.8. The highest BCUT2D eigenvalue weighted by Gasteiger charge is 2.31. The van der Waals surface area contributed by atoms with Crippen molar-refractivity contribution >= 4 is 23.2 Å². The van der Waals surface area contributed by atoms with Crippen molar-refractivity contribution in [2.24, 2.45) is 0 Å². The molecule has 10 heteroatoms. The molecule has 1 aromatic carbocycles. The minimum atomic E-state index is -0.219. The molecule has 9 nitrogen and oxygen atoms in total. The van der Waals surface area contributed by atoms with E-state index in [-0.39, 0.29) is 30.7 Å². The van der Waals surface area contributed by atoms with Crippen LogP contribution in [0.3, 0.4) is 0 Å². The summed E-state index contributed by atoms with van der Waals surface area (Å²) in [4.78, 5) is 34.7. The molecule has 0 unspecified atom stereocenters. The number of rotatable bonds is 8. The number of benzene rings is 1. The molecule has 4 heterocycles. The van der Waals surface area contributed by atoms with Gasteiger partial charge >= 0.3 is 0 Å². The number of aryl methyl sites for hydroxylation is 1. The Balaban J connectivity index is 1.24. The Hall–Kier alpha value is -4.23. The molecule has 0 saturated carbocycles. The highest BCUT2D eigenvalue weighted by Crippen LogP contribution is 2.33. The second-order valence-electron chi connectivity index (χ2n) is 9.18. The standard InChI is InChI=1S/C28H27N5O4S/c1-19-24(25(31-37-19)20-7-3-2-4-8-20)28(35)32-14-10-21(11-15-32)26-30-23(18-38-26)27(34)33(13-6-12-29)17-22-9-5-16-36-22/h2-5,7-9,16,18,21H,6,10-11,13-15,17H2,1H3. The molecular formula is C28H27N5O4S. The van der Waals surface area contributed by atoms with Crippen molar-refractivity contribution in [3.05, 3.63) is 81.9 Å². The van der Waals surface area contributed by atoms with E-state index in [1.807, 2.05) is 35.2 Å². The quantitative estimate of drug-likeness (QED) is 0.305. The van der Waals surface area contributed by atoms with E-state index in [1.165, 1.54) is 11.3 Å². The molecule has 0 aliphatic carbocycles. The lowest BCUT2D eigenvalue weighted by Crippen LogP contribution is -2.38. The van der Waals surface area contributed by atoms with Crippen molar-refractivity contribution in [3.63, 3.8) is 0 Å². The molecule has 38 heavy (non-hydrogen) atoms. The number of carbonyl (C=O) groups is 2. The molecular weight excluding hydrogens is 502 g/mol. The van der Waals surface area contributed by atoms with Crippen LogP contribution >= 0.6 is 11.3 Å². The van der Waals surface area contributed by atoms with Crippen LogP contribution in [0.25, 0.3) is 11.3 Å². The minimum absolute atomic E-state index is 0.0814. The number of furan rings is 1. The molecule has 0 radical (unpaired) electrons. The minimum Gasteiger partial charge on any atom is -0.467 e. The van der Waals surface area contributed by atoms with Crippen molar-refractivity contribution in [3.8, 4) is 17.3 Å².